The molecular weight excluding hydrogens is 288 g/mol. The molecule has 104 valence electrons. The molecule has 2 amide bonds. The summed E-state index contributed by atoms with van der Waals surface area (Å²) in [5.41, 5.74) is 5.44. The molecule has 0 bridgehead atoms. The van der Waals surface area contributed by atoms with E-state index in [2.05, 4.69) is 27.5 Å². The maximum absolute atomic E-state index is 11.8. The minimum Gasteiger partial charge on any atom is -0.375 e. The highest BCUT2D eigenvalue weighted by Crippen LogP contribution is 2.32. The fourth-order valence-electron chi connectivity index (χ4n) is 1.92. The highest BCUT2D eigenvalue weighted by Gasteiger charge is 2.56. The van der Waals surface area contributed by atoms with E-state index in [-0.39, 0.29) is 18.2 Å². The number of thiazole rings is 1. The zero-order valence-electron chi connectivity index (χ0n) is 10.4. The Morgan fingerprint density at radius 1 is 1.74 bits per heavy atom. The molecular formula is C10H14N4O3S2. The van der Waals surface area contributed by atoms with Gasteiger partial charge in [-0.2, -0.15) is 5.06 Å². The summed E-state index contributed by atoms with van der Waals surface area (Å²) in [5, 5.41) is 5.90. The molecule has 0 spiro atoms. The Hall–Kier alpha value is -1.32. The first-order valence-corrected chi connectivity index (χ1v) is 6.75. The van der Waals surface area contributed by atoms with Gasteiger partial charge in [-0.05, 0) is 13.8 Å². The summed E-state index contributed by atoms with van der Waals surface area (Å²) in [4.78, 5) is 27.5. The van der Waals surface area contributed by atoms with Crippen LogP contribution in [-0.2, 0) is 20.3 Å². The van der Waals surface area contributed by atoms with E-state index in [1.165, 1.54) is 11.3 Å². The van der Waals surface area contributed by atoms with E-state index < -0.39 is 11.6 Å². The van der Waals surface area contributed by atoms with Gasteiger partial charge in [-0.1, -0.05) is 0 Å². The molecule has 1 atom stereocenters. The molecule has 7 nitrogen and oxygen atoms in total. The van der Waals surface area contributed by atoms with Crippen LogP contribution < -0.4 is 11.1 Å². The van der Waals surface area contributed by atoms with Gasteiger partial charge in [0.05, 0.1) is 17.7 Å². The quantitative estimate of drug-likeness (QED) is 0.418. The van der Waals surface area contributed by atoms with E-state index >= 15 is 0 Å². The van der Waals surface area contributed by atoms with Crippen LogP contribution in [0.2, 0.25) is 0 Å². The second kappa shape index (κ2) is 4.99. The maximum atomic E-state index is 11.8. The van der Waals surface area contributed by atoms with Crippen molar-refractivity contribution in [3.63, 3.8) is 0 Å². The molecule has 1 aromatic heterocycles. The third kappa shape index (κ3) is 2.53. The first kappa shape index (κ1) is 14.1. The number of hydrogen-bond donors (Lipinski definition) is 3. The summed E-state index contributed by atoms with van der Waals surface area (Å²) in [5.74, 6) is -0.610. The number of nitrogens with two attached hydrogens (primary N) is 1. The predicted octanol–water partition coefficient (Wildman–Crippen LogP) is 0.150. The molecule has 3 N–H and O–H groups in total. The molecule has 1 unspecified atom stereocenters. The normalized spacial score (nSPS) is 21.1. The van der Waals surface area contributed by atoms with Crippen molar-refractivity contribution < 1.29 is 13.9 Å². The number of amides is 2. The smallest absolute Gasteiger partial charge is 0.272 e. The molecule has 2 heterocycles. The summed E-state index contributed by atoms with van der Waals surface area (Å²) in [6, 6.07) is -0.622. The predicted molar refractivity (Wildman–Crippen MR) is 73.2 cm³/mol. The molecule has 19 heavy (non-hydrogen) atoms. The molecule has 0 radical (unpaired) electrons. The SMILES string of the molecule is CC1(C)C(NC(=O)Cc2csc(N)n2)C(=O)N1OS. The minimum absolute atomic E-state index is 0.0926. The van der Waals surface area contributed by atoms with E-state index in [1.807, 2.05) is 0 Å². The second-order valence-corrected chi connectivity index (χ2v) is 5.78. The minimum atomic E-state index is -0.629. The molecule has 1 aliphatic heterocycles. The van der Waals surface area contributed by atoms with Crippen molar-refractivity contribution in [1.82, 2.24) is 15.4 Å². The number of β-lactam (4-membered cyclic amide) rings is 1. The van der Waals surface area contributed by atoms with Crippen molar-refractivity contribution in [3.8, 4) is 0 Å². The molecule has 1 aromatic rings. The maximum Gasteiger partial charge on any atom is 0.272 e. The number of carbonyl (C=O) groups excluding carboxylic acids is 2. The number of rotatable bonds is 4. The lowest BCUT2D eigenvalue weighted by Crippen LogP contribution is -2.75. The van der Waals surface area contributed by atoms with Crippen molar-refractivity contribution >= 4 is 41.2 Å². The highest BCUT2D eigenvalue weighted by atomic mass is 32.1. The number of carbonyl (C=O) groups is 2. The van der Waals surface area contributed by atoms with Gasteiger partial charge in [-0.3, -0.25) is 9.59 Å². The Labute approximate surface area is 119 Å². The molecule has 0 aliphatic carbocycles. The van der Waals surface area contributed by atoms with Crippen LogP contribution in [0.3, 0.4) is 0 Å². The Morgan fingerprint density at radius 2 is 2.42 bits per heavy atom. The molecule has 1 saturated heterocycles. The summed E-state index contributed by atoms with van der Waals surface area (Å²) >= 11 is 4.87. The fraction of sp³-hybridized carbons (Fsp3) is 0.500. The summed E-state index contributed by atoms with van der Waals surface area (Å²) in [7, 11) is 0. The van der Waals surface area contributed by atoms with Crippen LogP contribution in [0.15, 0.2) is 5.38 Å². The Balaban J connectivity index is 1.95. The Morgan fingerprint density at radius 3 is 2.89 bits per heavy atom. The average molecular weight is 302 g/mol. The lowest BCUT2D eigenvalue weighted by atomic mass is 9.84. The number of anilines is 1. The number of nitrogen functional groups attached to an aromatic ring is 1. The van der Waals surface area contributed by atoms with Crippen molar-refractivity contribution in [3.05, 3.63) is 11.1 Å². The number of thiol groups is 1. The van der Waals surface area contributed by atoms with Gasteiger partial charge in [0.2, 0.25) is 5.91 Å². The Kier molecular flexibility index (Phi) is 3.70. The van der Waals surface area contributed by atoms with Crippen molar-refractivity contribution in [2.45, 2.75) is 31.8 Å². The third-order valence-corrected chi connectivity index (χ3v) is 3.86. The van der Waals surface area contributed by atoms with Crippen LogP contribution in [0, 0.1) is 0 Å². The number of nitrogens with one attached hydrogen (secondary N) is 1. The molecule has 1 fully saturated rings. The van der Waals surface area contributed by atoms with Gasteiger partial charge in [-0.25, -0.2) is 9.27 Å². The monoisotopic (exact) mass is 302 g/mol. The van der Waals surface area contributed by atoms with Gasteiger partial charge in [0, 0.05) is 18.3 Å². The standard InChI is InChI=1S/C10H14N4O3S2/c1-10(2)7(8(16)14(10)17-18)13-6(15)3-5-4-19-9(11)12-5/h4,7,18H,3H2,1-2H3,(H2,11,12)(H,13,15). The van der Waals surface area contributed by atoms with Crippen molar-refractivity contribution in [1.29, 1.82) is 0 Å². The van der Waals surface area contributed by atoms with Crippen molar-refractivity contribution in [2.24, 2.45) is 0 Å². The van der Waals surface area contributed by atoms with Crippen LogP contribution in [0.25, 0.3) is 0 Å². The first-order valence-electron chi connectivity index (χ1n) is 5.51. The molecule has 2 rings (SSSR count). The highest BCUT2D eigenvalue weighted by molar-refractivity contribution is 7.75. The van der Waals surface area contributed by atoms with Crippen LogP contribution in [-0.4, -0.2) is 33.4 Å². The Bertz CT molecular complexity index is 517. The zero-order valence-corrected chi connectivity index (χ0v) is 12.1. The average Bonchev–Trinajstić information content (AvgIpc) is 2.72. The molecule has 0 aromatic carbocycles. The van der Waals surface area contributed by atoms with Gasteiger partial charge < -0.3 is 11.1 Å². The largest absolute Gasteiger partial charge is 0.375 e. The van der Waals surface area contributed by atoms with Crippen LogP contribution in [0.4, 0.5) is 5.13 Å². The van der Waals surface area contributed by atoms with Gasteiger partial charge in [0.15, 0.2) is 5.13 Å². The van der Waals surface area contributed by atoms with Gasteiger partial charge >= 0.3 is 0 Å². The van der Waals surface area contributed by atoms with E-state index in [1.54, 1.807) is 19.2 Å². The van der Waals surface area contributed by atoms with E-state index in [4.69, 9.17) is 5.73 Å². The van der Waals surface area contributed by atoms with Crippen molar-refractivity contribution in [2.75, 3.05) is 5.73 Å². The third-order valence-electron chi connectivity index (χ3n) is 2.98. The van der Waals surface area contributed by atoms with Gasteiger partial charge in [0.25, 0.3) is 5.91 Å². The summed E-state index contributed by atoms with van der Waals surface area (Å²) in [6.07, 6.45) is 0.0926. The summed E-state index contributed by atoms with van der Waals surface area (Å²) < 4.78 is 4.65. The first-order chi connectivity index (χ1) is 8.86. The summed E-state index contributed by atoms with van der Waals surface area (Å²) in [6.45, 7) is 3.55. The number of hydroxylamine groups is 2. The number of hydrogen-bond acceptors (Lipinski definition) is 7. The fourth-order valence-corrected chi connectivity index (χ4v) is 2.77. The number of nitrogens with zero attached hydrogens (tertiary/aromatic N) is 2. The van der Waals surface area contributed by atoms with Crippen LogP contribution in [0.1, 0.15) is 19.5 Å². The molecule has 9 heteroatoms. The number of aromatic nitrogens is 1. The topological polar surface area (TPSA) is 97.6 Å². The molecule has 0 saturated carbocycles. The lowest BCUT2D eigenvalue weighted by molar-refractivity contribution is -0.212. The zero-order chi connectivity index (χ0) is 14.2. The van der Waals surface area contributed by atoms with E-state index in [9.17, 15) is 9.59 Å². The van der Waals surface area contributed by atoms with E-state index in [0.717, 1.165) is 5.06 Å². The van der Waals surface area contributed by atoms with Gasteiger partial charge in [-0.15, -0.1) is 11.3 Å². The van der Waals surface area contributed by atoms with Gasteiger partial charge in [0.1, 0.15) is 6.04 Å². The van der Waals surface area contributed by atoms with E-state index in [0.29, 0.717) is 10.8 Å². The lowest BCUT2D eigenvalue weighted by Gasteiger charge is -2.50. The van der Waals surface area contributed by atoms with Crippen LogP contribution in [0.5, 0.6) is 0 Å². The molecule has 1 aliphatic rings. The second-order valence-electron chi connectivity index (χ2n) is 4.72. The van der Waals surface area contributed by atoms with Crippen LogP contribution >= 0.6 is 24.2 Å².